The van der Waals surface area contributed by atoms with Crippen LogP contribution in [0.25, 0.3) is 11.8 Å². The predicted octanol–water partition coefficient (Wildman–Crippen LogP) is 7.56. The summed E-state index contributed by atoms with van der Waals surface area (Å²) >= 11 is 8.68. The molecular weight excluding hydrogens is 679 g/mol. The number of thiazole rings is 1. The number of fused-ring (bicyclic) bond motifs is 3. The van der Waals surface area contributed by atoms with E-state index in [1.165, 1.54) is 29.0 Å². The summed E-state index contributed by atoms with van der Waals surface area (Å²) in [4.78, 5) is 19.7. The van der Waals surface area contributed by atoms with Gasteiger partial charge in [0.25, 0.3) is 5.56 Å². The number of nitrogens with zero attached hydrogens (tertiary/aromatic N) is 2. The van der Waals surface area contributed by atoms with E-state index in [1.807, 2.05) is 60.7 Å². The van der Waals surface area contributed by atoms with Crippen LogP contribution in [0.15, 0.2) is 115 Å². The van der Waals surface area contributed by atoms with Gasteiger partial charge in [-0.25, -0.2) is 9.38 Å². The van der Waals surface area contributed by atoms with E-state index < -0.39 is 0 Å². The number of hydrogen-bond acceptors (Lipinski definition) is 4. The van der Waals surface area contributed by atoms with Crippen molar-refractivity contribution in [3.05, 3.63) is 159 Å². The highest BCUT2D eigenvalue weighted by molar-refractivity contribution is 9.11. The highest BCUT2D eigenvalue weighted by Crippen LogP contribution is 2.41. The van der Waals surface area contributed by atoms with Crippen LogP contribution >= 0.6 is 43.2 Å². The van der Waals surface area contributed by atoms with Gasteiger partial charge in [0.2, 0.25) is 0 Å². The molecule has 0 amide bonds. The summed E-state index contributed by atoms with van der Waals surface area (Å²) in [5.74, 6) is 0.391. The van der Waals surface area contributed by atoms with Crippen molar-refractivity contribution in [1.29, 1.82) is 0 Å². The second kappa shape index (κ2) is 11.2. The van der Waals surface area contributed by atoms with E-state index in [0.717, 1.165) is 55.3 Å². The van der Waals surface area contributed by atoms with Crippen molar-refractivity contribution in [2.75, 3.05) is 0 Å². The highest BCUT2D eigenvalue weighted by atomic mass is 79.9. The maximum atomic E-state index is 14.0. The SMILES string of the molecule is O=c1/c(=C\c2cc(Br)c(OCc3ccccc3)c(Br)c2)sc2n1C(c1ccc(F)cc1)C1=C(N=2)c2ccccc2CC1. The van der Waals surface area contributed by atoms with Crippen molar-refractivity contribution in [3.63, 3.8) is 0 Å². The Balaban J connectivity index is 1.33. The lowest BCUT2D eigenvalue weighted by atomic mass is 9.83. The number of ether oxygens (including phenoxy) is 1. The maximum absolute atomic E-state index is 14.0. The molecule has 1 atom stereocenters. The van der Waals surface area contributed by atoms with Crippen molar-refractivity contribution in [1.82, 2.24) is 4.57 Å². The van der Waals surface area contributed by atoms with E-state index in [9.17, 15) is 9.18 Å². The summed E-state index contributed by atoms with van der Waals surface area (Å²) in [5, 5.41) is 0. The molecule has 0 radical (unpaired) electrons. The Bertz CT molecular complexity index is 2030. The molecule has 4 aromatic carbocycles. The van der Waals surface area contributed by atoms with E-state index in [1.54, 1.807) is 16.7 Å². The Kier molecular flexibility index (Phi) is 7.30. The van der Waals surface area contributed by atoms with Gasteiger partial charge in [-0.2, -0.15) is 0 Å². The zero-order chi connectivity index (χ0) is 28.8. The minimum absolute atomic E-state index is 0.116. The van der Waals surface area contributed by atoms with Crippen LogP contribution in [0.1, 0.15) is 40.3 Å². The Labute approximate surface area is 262 Å². The van der Waals surface area contributed by atoms with Crippen molar-refractivity contribution >= 4 is 55.0 Å². The van der Waals surface area contributed by atoms with E-state index in [0.29, 0.717) is 21.7 Å². The summed E-state index contributed by atoms with van der Waals surface area (Å²) in [6, 6.07) is 28.3. The molecule has 0 bridgehead atoms. The molecule has 2 heterocycles. The van der Waals surface area contributed by atoms with Gasteiger partial charge in [0.05, 0.1) is 25.2 Å². The third-order valence-electron chi connectivity index (χ3n) is 7.60. The highest BCUT2D eigenvalue weighted by Gasteiger charge is 2.32. The third-order valence-corrected chi connectivity index (χ3v) is 9.76. The van der Waals surface area contributed by atoms with Gasteiger partial charge in [-0.3, -0.25) is 9.36 Å². The summed E-state index contributed by atoms with van der Waals surface area (Å²) in [5.41, 5.74) is 7.03. The molecule has 208 valence electrons. The van der Waals surface area contributed by atoms with Gasteiger partial charge in [0.15, 0.2) is 4.80 Å². The molecule has 1 aliphatic carbocycles. The van der Waals surface area contributed by atoms with Crippen LogP contribution in [0.5, 0.6) is 5.75 Å². The lowest BCUT2D eigenvalue weighted by molar-refractivity contribution is 0.302. The van der Waals surface area contributed by atoms with Crippen LogP contribution in [0.3, 0.4) is 0 Å². The number of aryl methyl sites for hydroxylation is 1. The Morgan fingerprint density at radius 2 is 1.67 bits per heavy atom. The molecule has 0 fully saturated rings. The summed E-state index contributed by atoms with van der Waals surface area (Å²) < 4.78 is 23.9. The second-order valence-electron chi connectivity index (χ2n) is 10.3. The number of rotatable bonds is 5. The van der Waals surface area contributed by atoms with E-state index in [2.05, 4.69) is 44.0 Å². The number of aromatic nitrogens is 1. The van der Waals surface area contributed by atoms with Crippen molar-refractivity contribution in [2.45, 2.75) is 25.5 Å². The zero-order valence-electron chi connectivity index (χ0n) is 22.2. The number of halogens is 3. The molecule has 1 aromatic heterocycles. The molecule has 4 nitrogen and oxygen atoms in total. The van der Waals surface area contributed by atoms with Gasteiger partial charge in [-0.05, 0) is 103 Å². The molecule has 0 N–H and O–H groups in total. The largest absolute Gasteiger partial charge is 0.487 e. The van der Waals surface area contributed by atoms with Crippen LogP contribution < -0.4 is 19.6 Å². The minimum atomic E-state index is -0.348. The van der Waals surface area contributed by atoms with Crippen LogP contribution in [-0.2, 0) is 13.0 Å². The van der Waals surface area contributed by atoms with Crippen molar-refractivity contribution in [2.24, 2.45) is 4.99 Å². The van der Waals surface area contributed by atoms with Crippen molar-refractivity contribution < 1.29 is 9.13 Å². The van der Waals surface area contributed by atoms with E-state index in [4.69, 9.17) is 9.73 Å². The number of benzene rings is 4. The first-order valence-electron chi connectivity index (χ1n) is 13.5. The van der Waals surface area contributed by atoms with E-state index in [-0.39, 0.29) is 17.4 Å². The lowest BCUT2D eigenvalue weighted by Gasteiger charge is -2.30. The smallest absolute Gasteiger partial charge is 0.271 e. The normalized spacial score (nSPS) is 16.0. The predicted molar refractivity (Wildman–Crippen MR) is 172 cm³/mol. The Hall–Kier alpha value is -3.59. The summed E-state index contributed by atoms with van der Waals surface area (Å²) in [6.45, 7) is 0.438. The maximum Gasteiger partial charge on any atom is 0.271 e. The first kappa shape index (κ1) is 27.3. The summed E-state index contributed by atoms with van der Waals surface area (Å²) in [7, 11) is 0. The monoisotopic (exact) mass is 700 g/mol. The summed E-state index contributed by atoms with van der Waals surface area (Å²) in [6.07, 6.45) is 3.54. The molecule has 8 heteroatoms. The lowest BCUT2D eigenvalue weighted by Crippen LogP contribution is -2.38. The van der Waals surface area contributed by atoms with Crippen LogP contribution in [0.4, 0.5) is 4.39 Å². The number of allylic oxidation sites excluding steroid dienone is 1. The molecule has 2 aliphatic rings. The Morgan fingerprint density at radius 3 is 2.43 bits per heavy atom. The van der Waals surface area contributed by atoms with E-state index >= 15 is 0 Å². The molecule has 0 saturated carbocycles. The topological polar surface area (TPSA) is 43.6 Å². The number of hydrogen-bond donors (Lipinski definition) is 0. The fraction of sp³-hybridized carbons (Fsp3) is 0.118. The average molecular weight is 702 g/mol. The molecule has 5 aromatic rings. The fourth-order valence-electron chi connectivity index (χ4n) is 5.65. The molecule has 1 unspecified atom stereocenters. The van der Waals surface area contributed by atoms with Gasteiger partial charge in [-0.1, -0.05) is 78.1 Å². The minimum Gasteiger partial charge on any atom is -0.487 e. The van der Waals surface area contributed by atoms with Gasteiger partial charge in [0, 0.05) is 5.56 Å². The average Bonchev–Trinajstić information content (AvgIpc) is 3.30. The first-order chi connectivity index (χ1) is 20.5. The molecule has 0 spiro atoms. The van der Waals surface area contributed by atoms with Crippen LogP contribution in [0, 0.1) is 5.82 Å². The van der Waals surface area contributed by atoms with Crippen LogP contribution in [0.2, 0.25) is 0 Å². The molecule has 7 rings (SSSR count). The molecule has 42 heavy (non-hydrogen) atoms. The Morgan fingerprint density at radius 1 is 0.952 bits per heavy atom. The fourth-order valence-corrected chi connectivity index (χ4v) is 8.10. The molecular formula is C34H23Br2FN2O2S. The molecule has 1 aliphatic heterocycles. The van der Waals surface area contributed by atoms with Gasteiger partial charge < -0.3 is 4.74 Å². The van der Waals surface area contributed by atoms with Crippen molar-refractivity contribution in [3.8, 4) is 5.75 Å². The van der Waals surface area contributed by atoms with Crippen LogP contribution in [-0.4, -0.2) is 4.57 Å². The molecule has 0 saturated heterocycles. The zero-order valence-corrected chi connectivity index (χ0v) is 26.2. The van der Waals surface area contributed by atoms with Gasteiger partial charge in [-0.15, -0.1) is 0 Å². The second-order valence-corrected chi connectivity index (χ2v) is 13.0. The van der Waals surface area contributed by atoms with Gasteiger partial charge in [0.1, 0.15) is 18.2 Å². The van der Waals surface area contributed by atoms with Gasteiger partial charge >= 0.3 is 0 Å². The quantitative estimate of drug-likeness (QED) is 0.190. The third kappa shape index (κ3) is 5.02. The first-order valence-corrected chi connectivity index (χ1v) is 15.9. The standard InChI is InChI=1S/C34H23Br2FN2O2S/c35-27-16-21(17-28(36)32(27)41-19-20-6-2-1-3-7-20)18-29-33(40)39-31(23-10-13-24(37)14-11-23)26-15-12-22-8-4-5-9-25(22)30(26)38-34(39)42-29/h1-11,13-14,16-18,31H,12,15,19H2/b29-18+.